The second kappa shape index (κ2) is 9.89. The molecule has 3 amide bonds. The lowest BCUT2D eigenvalue weighted by Crippen LogP contribution is -2.60. The van der Waals surface area contributed by atoms with E-state index in [4.69, 9.17) is 5.73 Å². The summed E-state index contributed by atoms with van der Waals surface area (Å²) in [6, 6.07) is 3.85. The van der Waals surface area contributed by atoms with Crippen molar-refractivity contribution in [2.45, 2.75) is 62.7 Å². The first kappa shape index (κ1) is 25.3. The van der Waals surface area contributed by atoms with Gasteiger partial charge >= 0.3 is 0 Å². The van der Waals surface area contributed by atoms with Crippen molar-refractivity contribution in [3.8, 4) is 0 Å². The fourth-order valence-electron chi connectivity index (χ4n) is 4.86. The van der Waals surface area contributed by atoms with Gasteiger partial charge in [0.15, 0.2) is 0 Å². The van der Waals surface area contributed by atoms with Gasteiger partial charge in [0.05, 0.1) is 0 Å². The number of halogens is 4. The Labute approximate surface area is 196 Å². The zero-order valence-electron chi connectivity index (χ0n) is 18.0. The largest absolute Gasteiger partial charge is 0.350 e. The van der Waals surface area contributed by atoms with Crippen molar-refractivity contribution < 1.29 is 27.6 Å². The quantitative estimate of drug-likeness (QED) is 0.676. The fraction of sp³-hybridized carbons (Fsp3) is 0.591. The summed E-state index contributed by atoms with van der Waals surface area (Å²) < 4.78 is 39.4. The normalized spacial score (nSPS) is 27.0. The number of amides is 3. The van der Waals surface area contributed by atoms with Crippen LogP contribution in [0.15, 0.2) is 24.3 Å². The molecule has 1 aliphatic carbocycles. The van der Waals surface area contributed by atoms with Crippen LogP contribution in [0.4, 0.5) is 13.2 Å². The van der Waals surface area contributed by atoms with Crippen molar-refractivity contribution >= 4 is 30.1 Å². The van der Waals surface area contributed by atoms with Gasteiger partial charge in [-0.1, -0.05) is 12.1 Å². The predicted octanol–water partition coefficient (Wildman–Crippen LogP) is 1.83. The number of hydrogen-bond acceptors (Lipinski definition) is 4. The maximum Gasteiger partial charge on any atom is 0.249 e. The first-order valence-corrected chi connectivity index (χ1v) is 10.9. The maximum atomic E-state index is 13.2. The molecule has 1 aromatic carbocycles. The van der Waals surface area contributed by atoms with Gasteiger partial charge < -0.3 is 20.9 Å². The molecule has 3 fully saturated rings. The maximum absolute atomic E-state index is 13.2. The molecule has 4 rings (SSSR count). The smallest absolute Gasteiger partial charge is 0.249 e. The Bertz CT molecular complexity index is 893. The molecule has 0 aromatic heterocycles. The molecule has 7 nitrogen and oxygen atoms in total. The van der Waals surface area contributed by atoms with E-state index in [-0.39, 0.29) is 49.2 Å². The SMILES string of the molecule is Cl.N[C@H]1CN(C(=O)C2CC(F)(F)C2)CC[C@H]2CC[C@@H](C(=O)NCc3ccc(F)cc3)N2C1=O. The molecule has 1 saturated carbocycles. The number of carbonyl (C=O) groups excluding carboxylic acids is 3. The van der Waals surface area contributed by atoms with E-state index in [2.05, 4.69) is 5.32 Å². The van der Waals surface area contributed by atoms with Crippen LogP contribution in [-0.4, -0.2) is 64.7 Å². The highest BCUT2D eigenvalue weighted by molar-refractivity contribution is 5.91. The molecule has 0 bridgehead atoms. The highest BCUT2D eigenvalue weighted by Crippen LogP contribution is 2.43. The molecular weight excluding hydrogens is 461 g/mol. The molecule has 2 heterocycles. The summed E-state index contributed by atoms with van der Waals surface area (Å²) in [5.41, 5.74) is 6.82. The molecule has 0 spiro atoms. The number of rotatable bonds is 4. The summed E-state index contributed by atoms with van der Waals surface area (Å²) >= 11 is 0. The van der Waals surface area contributed by atoms with Crippen molar-refractivity contribution in [2.75, 3.05) is 13.1 Å². The van der Waals surface area contributed by atoms with Crippen molar-refractivity contribution in [1.29, 1.82) is 0 Å². The number of alkyl halides is 2. The minimum Gasteiger partial charge on any atom is -0.350 e. The van der Waals surface area contributed by atoms with Crippen LogP contribution < -0.4 is 11.1 Å². The van der Waals surface area contributed by atoms with Crippen molar-refractivity contribution in [3.63, 3.8) is 0 Å². The molecule has 2 aliphatic heterocycles. The number of fused-ring (bicyclic) bond motifs is 1. The average Bonchev–Trinajstić information content (AvgIpc) is 3.15. The van der Waals surface area contributed by atoms with Gasteiger partial charge in [-0.05, 0) is 37.0 Å². The molecule has 1 aromatic rings. The molecular formula is C22H28ClF3N4O3. The lowest BCUT2D eigenvalue weighted by Gasteiger charge is -2.41. The number of nitrogens with two attached hydrogens (primary N) is 1. The zero-order valence-corrected chi connectivity index (χ0v) is 18.8. The minimum atomic E-state index is -2.79. The first-order chi connectivity index (χ1) is 15.1. The second-order valence-electron chi connectivity index (χ2n) is 8.98. The van der Waals surface area contributed by atoms with Crippen LogP contribution in [0.25, 0.3) is 0 Å². The summed E-state index contributed by atoms with van der Waals surface area (Å²) in [5.74, 6) is -4.97. The van der Waals surface area contributed by atoms with Gasteiger partial charge in [0.25, 0.3) is 0 Å². The molecule has 2 saturated heterocycles. The molecule has 182 valence electrons. The fourth-order valence-corrected chi connectivity index (χ4v) is 4.86. The van der Waals surface area contributed by atoms with E-state index in [1.165, 1.54) is 21.9 Å². The standard InChI is InChI=1S/C22H27F3N4O3.ClH/c23-15-3-1-13(2-4-15)11-27-19(30)18-6-5-16-7-8-28(12-17(26)21(32)29(16)18)20(31)14-9-22(24,25)10-14;/h1-4,14,16-18H,5-12,26H2,(H,27,30);1H/t16-,17+,18+;/m1./s1. The lowest BCUT2D eigenvalue weighted by molar-refractivity contribution is -0.161. The van der Waals surface area contributed by atoms with Gasteiger partial charge in [-0.15, -0.1) is 12.4 Å². The van der Waals surface area contributed by atoms with Crippen LogP contribution in [0.3, 0.4) is 0 Å². The Morgan fingerprint density at radius 1 is 1.12 bits per heavy atom. The van der Waals surface area contributed by atoms with Crippen LogP contribution in [0.2, 0.25) is 0 Å². The highest BCUT2D eigenvalue weighted by atomic mass is 35.5. The third kappa shape index (κ3) is 5.43. The average molecular weight is 489 g/mol. The van der Waals surface area contributed by atoms with E-state index in [1.807, 2.05) is 0 Å². The van der Waals surface area contributed by atoms with E-state index in [0.29, 0.717) is 25.8 Å². The number of carbonyl (C=O) groups is 3. The minimum absolute atomic E-state index is 0. The van der Waals surface area contributed by atoms with Gasteiger partial charge in [0.1, 0.15) is 17.9 Å². The Hall–Kier alpha value is -2.33. The molecule has 33 heavy (non-hydrogen) atoms. The van der Waals surface area contributed by atoms with E-state index in [1.54, 1.807) is 12.1 Å². The second-order valence-corrected chi connectivity index (χ2v) is 8.98. The van der Waals surface area contributed by atoms with Crippen LogP contribution in [0, 0.1) is 11.7 Å². The van der Waals surface area contributed by atoms with Crippen molar-refractivity contribution in [2.24, 2.45) is 11.7 Å². The molecule has 3 N–H and O–H groups in total. The summed E-state index contributed by atoms with van der Waals surface area (Å²) in [7, 11) is 0. The first-order valence-electron chi connectivity index (χ1n) is 10.9. The van der Waals surface area contributed by atoms with E-state index >= 15 is 0 Å². The Morgan fingerprint density at radius 2 is 1.79 bits per heavy atom. The summed E-state index contributed by atoms with van der Waals surface area (Å²) in [5, 5.41) is 2.80. The van der Waals surface area contributed by atoms with E-state index in [0.717, 1.165) is 5.56 Å². The van der Waals surface area contributed by atoms with Gasteiger partial charge in [-0.2, -0.15) is 0 Å². The van der Waals surface area contributed by atoms with E-state index in [9.17, 15) is 27.6 Å². The van der Waals surface area contributed by atoms with Crippen LogP contribution in [-0.2, 0) is 20.9 Å². The Balaban J connectivity index is 0.00000306. The topological polar surface area (TPSA) is 95.7 Å². The lowest BCUT2D eigenvalue weighted by atomic mass is 9.80. The molecule has 3 aliphatic rings. The predicted molar refractivity (Wildman–Crippen MR) is 116 cm³/mol. The Kier molecular flexibility index (Phi) is 7.58. The monoisotopic (exact) mass is 488 g/mol. The number of nitrogens with one attached hydrogen (secondary N) is 1. The zero-order chi connectivity index (χ0) is 23.0. The van der Waals surface area contributed by atoms with E-state index < -0.39 is 42.7 Å². The van der Waals surface area contributed by atoms with Crippen LogP contribution in [0.5, 0.6) is 0 Å². The molecule has 0 radical (unpaired) electrons. The molecule has 3 atom stereocenters. The van der Waals surface area contributed by atoms with Crippen LogP contribution >= 0.6 is 12.4 Å². The van der Waals surface area contributed by atoms with Gasteiger partial charge in [-0.3, -0.25) is 14.4 Å². The van der Waals surface area contributed by atoms with Gasteiger partial charge in [0, 0.05) is 44.4 Å². The van der Waals surface area contributed by atoms with Crippen molar-refractivity contribution in [1.82, 2.24) is 15.1 Å². The Morgan fingerprint density at radius 3 is 2.42 bits per heavy atom. The summed E-state index contributed by atoms with van der Waals surface area (Å²) in [6.45, 7) is 0.475. The number of hydrogen-bond donors (Lipinski definition) is 2. The van der Waals surface area contributed by atoms with Gasteiger partial charge in [0.2, 0.25) is 23.6 Å². The number of benzene rings is 1. The third-order valence-corrected chi connectivity index (χ3v) is 6.66. The van der Waals surface area contributed by atoms with Crippen LogP contribution in [0.1, 0.15) is 37.7 Å². The highest BCUT2D eigenvalue weighted by Gasteiger charge is 2.51. The molecule has 0 unspecified atom stereocenters. The number of nitrogens with zero attached hydrogens (tertiary/aromatic N) is 2. The molecule has 11 heteroatoms. The third-order valence-electron chi connectivity index (χ3n) is 6.66. The summed E-state index contributed by atoms with van der Waals surface area (Å²) in [4.78, 5) is 41.4. The summed E-state index contributed by atoms with van der Waals surface area (Å²) in [6.07, 6.45) is 0.613. The van der Waals surface area contributed by atoms with Gasteiger partial charge in [-0.25, -0.2) is 13.2 Å². The van der Waals surface area contributed by atoms with Crippen molar-refractivity contribution in [3.05, 3.63) is 35.6 Å².